The van der Waals surface area contributed by atoms with Crippen molar-refractivity contribution in [3.63, 3.8) is 0 Å². The van der Waals surface area contributed by atoms with Gasteiger partial charge < -0.3 is 25.0 Å². The third-order valence-corrected chi connectivity index (χ3v) is 5.84. The Balaban J connectivity index is 1.74. The van der Waals surface area contributed by atoms with Crippen LogP contribution >= 0.6 is 11.3 Å². The first-order valence-electron chi connectivity index (χ1n) is 9.49. The van der Waals surface area contributed by atoms with Gasteiger partial charge in [-0.25, -0.2) is 19.9 Å². The van der Waals surface area contributed by atoms with Gasteiger partial charge in [-0.15, -0.1) is 11.3 Å². The smallest absolute Gasteiger partial charge is 0.248 e. The predicted molar refractivity (Wildman–Crippen MR) is 114 cm³/mol. The van der Waals surface area contributed by atoms with Crippen molar-refractivity contribution in [2.75, 3.05) is 57.7 Å². The molecule has 0 radical (unpaired) electrons. The molecule has 0 unspecified atom stereocenters. The highest BCUT2D eigenvalue weighted by molar-refractivity contribution is 7.19. The highest BCUT2D eigenvalue weighted by Crippen LogP contribution is 2.34. The second kappa shape index (κ2) is 8.86. The van der Waals surface area contributed by atoms with E-state index in [9.17, 15) is 4.79 Å². The molecule has 0 saturated carbocycles. The zero-order valence-corrected chi connectivity index (χ0v) is 17.7. The molecule has 3 aromatic rings. The van der Waals surface area contributed by atoms with E-state index in [2.05, 4.69) is 14.9 Å². The van der Waals surface area contributed by atoms with Crippen LogP contribution in [-0.4, -0.2) is 77.8 Å². The fourth-order valence-electron chi connectivity index (χ4n) is 3.17. The summed E-state index contributed by atoms with van der Waals surface area (Å²) in [5, 5.41) is 0. The van der Waals surface area contributed by atoms with Gasteiger partial charge in [-0.2, -0.15) is 0 Å². The number of ether oxygens (including phenoxy) is 2. The molecular formula is C19H23N7O3S. The summed E-state index contributed by atoms with van der Waals surface area (Å²) in [5.74, 6) is 1.53. The number of anilines is 2. The number of fused-ring (bicyclic) bond motifs is 1. The first kappa shape index (κ1) is 20.4. The first-order valence-corrected chi connectivity index (χ1v) is 10.3. The van der Waals surface area contributed by atoms with Gasteiger partial charge >= 0.3 is 0 Å². The molecule has 0 bridgehead atoms. The van der Waals surface area contributed by atoms with Crippen molar-refractivity contribution in [2.24, 2.45) is 0 Å². The van der Waals surface area contributed by atoms with Gasteiger partial charge in [-0.3, -0.25) is 4.79 Å². The highest BCUT2D eigenvalue weighted by Gasteiger charge is 2.21. The molecule has 3 aromatic heterocycles. The lowest BCUT2D eigenvalue weighted by Gasteiger charge is -2.28. The van der Waals surface area contributed by atoms with Crippen LogP contribution in [0.2, 0.25) is 0 Å². The van der Waals surface area contributed by atoms with Crippen molar-refractivity contribution in [1.29, 1.82) is 0 Å². The summed E-state index contributed by atoms with van der Waals surface area (Å²) < 4.78 is 11.4. The van der Waals surface area contributed by atoms with Gasteiger partial charge in [0.25, 0.3) is 0 Å². The Morgan fingerprint density at radius 1 is 1.30 bits per heavy atom. The van der Waals surface area contributed by atoms with Gasteiger partial charge in [-0.1, -0.05) is 0 Å². The molecule has 0 aromatic carbocycles. The second-order valence-electron chi connectivity index (χ2n) is 6.91. The highest BCUT2D eigenvalue weighted by atomic mass is 32.1. The van der Waals surface area contributed by atoms with E-state index in [1.165, 1.54) is 7.11 Å². The number of hydrogen-bond acceptors (Lipinski definition) is 10. The minimum Gasteiger partial charge on any atom is -0.378 e. The second-order valence-corrected chi connectivity index (χ2v) is 8.05. The topological polar surface area (TPSA) is 120 Å². The van der Waals surface area contributed by atoms with Crippen molar-refractivity contribution in [2.45, 2.75) is 6.54 Å². The lowest BCUT2D eigenvalue weighted by Crippen LogP contribution is -2.36. The van der Waals surface area contributed by atoms with Crippen LogP contribution in [0.25, 0.3) is 21.6 Å². The van der Waals surface area contributed by atoms with Crippen molar-refractivity contribution >= 4 is 39.2 Å². The summed E-state index contributed by atoms with van der Waals surface area (Å²) in [4.78, 5) is 34.6. The number of morpholine rings is 1. The predicted octanol–water partition coefficient (Wildman–Crippen LogP) is 1.17. The monoisotopic (exact) mass is 429 g/mol. The van der Waals surface area contributed by atoms with Crippen LogP contribution < -0.4 is 10.6 Å². The van der Waals surface area contributed by atoms with Gasteiger partial charge in [0.05, 0.1) is 35.5 Å². The largest absolute Gasteiger partial charge is 0.378 e. The third kappa shape index (κ3) is 4.32. The van der Waals surface area contributed by atoms with Crippen molar-refractivity contribution in [3.8, 4) is 11.4 Å². The fourth-order valence-corrected chi connectivity index (χ4v) is 4.34. The average Bonchev–Trinajstić information content (AvgIpc) is 3.16. The first-order chi connectivity index (χ1) is 14.5. The molecule has 1 saturated heterocycles. The molecule has 1 aliphatic rings. The number of aromatic nitrogens is 4. The Kier molecular flexibility index (Phi) is 6.02. The summed E-state index contributed by atoms with van der Waals surface area (Å²) in [6, 6.07) is 2.00. The lowest BCUT2D eigenvalue weighted by atomic mass is 10.3. The molecule has 4 heterocycles. The van der Waals surface area contributed by atoms with Gasteiger partial charge in [0, 0.05) is 44.5 Å². The van der Waals surface area contributed by atoms with Crippen LogP contribution in [-0.2, 0) is 20.8 Å². The molecule has 1 aliphatic heterocycles. The van der Waals surface area contributed by atoms with E-state index in [0.29, 0.717) is 31.1 Å². The number of rotatable bonds is 6. The number of carbonyl (C=O) groups is 1. The molecule has 4 rings (SSSR count). The Morgan fingerprint density at radius 2 is 2.03 bits per heavy atom. The van der Waals surface area contributed by atoms with Gasteiger partial charge in [0.15, 0.2) is 11.6 Å². The van der Waals surface area contributed by atoms with Gasteiger partial charge in [0.2, 0.25) is 11.9 Å². The normalized spacial score (nSPS) is 14.3. The maximum Gasteiger partial charge on any atom is 0.248 e. The van der Waals surface area contributed by atoms with E-state index in [4.69, 9.17) is 25.2 Å². The minimum absolute atomic E-state index is 0.0571. The summed E-state index contributed by atoms with van der Waals surface area (Å²) in [5.41, 5.74) is 7.13. The SMILES string of the molecule is COCC(=O)N(C)Cc1cc2nc(-c3cnc(N)nc3)nc(N3CCOCC3)c2s1. The van der Waals surface area contributed by atoms with Crippen molar-refractivity contribution < 1.29 is 14.3 Å². The maximum absolute atomic E-state index is 12.1. The van der Waals surface area contributed by atoms with Gasteiger partial charge in [-0.05, 0) is 6.07 Å². The number of thiophene rings is 1. The van der Waals surface area contributed by atoms with Crippen LogP contribution in [0.15, 0.2) is 18.5 Å². The molecule has 0 atom stereocenters. The van der Waals surface area contributed by atoms with Crippen LogP contribution in [0.3, 0.4) is 0 Å². The summed E-state index contributed by atoms with van der Waals surface area (Å²) in [6.45, 7) is 3.34. The van der Waals surface area contributed by atoms with E-state index >= 15 is 0 Å². The average molecular weight is 430 g/mol. The van der Waals surface area contributed by atoms with Crippen LogP contribution in [0.1, 0.15) is 4.88 Å². The molecule has 10 nitrogen and oxygen atoms in total. The Morgan fingerprint density at radius 3 is 2.73 bits per heavy atom. The zero-order chi connectivity index (χ0) is 21.1. The minimum atomic E-state index is -0.0749. The quantitative estimate of drug-likeness (QED) is 0.616. The molecule has 30 heavy (non-hydrogen) atoms. The van der Waals surface area contributed by atoms with E-state index in [1.807, 2.05) is 6.07 Å². The summed E-state index contributed by atoms with van der Waals surface area (Å²) in [6.07, 6.45) is 3.24. The molecule has 1 amide bonds. The summed E-state index contributed by atoms with van der Waals surface area (Å²) in [7, 11) is 3.27. The standard InChI is InChI=1S/C19H23N7O3S/c1-25(15(27)11-28-2)10-13-7-14-16(30-13)18(26-3-5-29-6-4-26)24-17(23-14)12-8-21-19(20)22-9-12/h7-9H,3-6,10-11H2,1-2H3,(H2,20,21,22). The number of nitrogen functional groups attached to an aromatic ring is 1. The molecular weight excluding hydrogens is 406 g/mol. The van der Waals surface area contributed by atoms with Crippen molar-refractivity contribution in [1.82, 2.24) is 24.8 Å². The molecule has 11 heteroatoms. The number of hydrogen-bond donors (Lipinski definition) is 1. The molecule has 158 valence electrons. The number of carbonyl (C=O) groups excluding carboxylic acids is 1. The number of nitrogens with two attached hydrogens (primary N) is 1. The Hall–Kier alpha value is -2.89. The lowest BCUT2D eigenvalue weighted by molar-refractivity contribution is -0.134. The van der Waals surface area contributed by atoms with Crippen LogP contribution in [0, 0.1) is 0 Å². The third-order valence-electron chi connectivity index (χ3n) is 4.73. The number of methoxy groups -OCH3 is 1. The van der Waals surface area contributed by atoms with E-state index < -0.39 is 0 Å². The molecule has 2 N–H and O–H groups in total. The van der Waals surface area contributed by atoms with E-state index in [1.54, 1.807) is 35.7 Å². The van der Waals surface area contributed by atoms with Gasteiger partial charge in [0.1, 0.15) is 6.61 Å². The van der Waals surface area contributed by atoms with Crippen LogP contribution in [0.4, 0.5) is 11.8 Å². The van der Waals surface area contributed by atoms with E-state index in [-0.39, 0.29) is 18.5 Å². The molecule has 0 spiro atoms. The Labute approximate surface area is 177 Å². The maximum atomic E-state index is 12.1. The number of amides is 1. The number of nitrogens with zero attached hydrogens (tertiary/aromatic N) is 6. The zero-order valence-electron chi connectivity index (χ0n) is 16.9. The molecule has 1 fully saturated rings. The van der Waals surface area contributed by atoms with Crippen molar-refractivity contribution in [3.05, 3.63) is 23.3 Å². The fraction of sp³-hybridized carbons (Fsp3) is 0.421. The van der Waals surface area contributed by atoms with E-state index in [0.717, 1.165) is 34.0 Å². The number of likely N-dealkylation sites (N-methyl/N-ethyl adjacent to an activating group) is 1. The van der Waals surface area contributed by atoms with Crippen LogP contribution in [0.5, 0.6) is 0 Å². The Bertz CT molecular complexity index is 1030. The molecule has 0 aliphatic carbocycles. The summed E-state index contributed by atoms with van der Waals surface area (Å²) >= 11 is 1.59.